The second kappa shape index (κ2) is 5.30. The molecule has 1 aromatic carbocycles. The van der Waals surface area contributed by atoms with Crippen molar-refractivity contribution >= 4 is 34.2 Å². The summed E-state index contributed by atoms with van der Waals surface area (Å²) < 4.78 is 5.81. The van der Waals surface area contributed by atoms with Crippen molar-refractivity contribution in [1.29, 1.82) is 0 Å². The van der Waals surface area contributed by atoms with Crippen LogP contribution < -0.4 is 5.32 Å². The van der Waals surface area contributed by atoms with Gasteiger partial charge < -0.3 is 9.73 Å². The highest BCUT2D eigenvalue weighted by Gasteiger charge is 2.15. The van der Waals surface area contributed by atoms with Gasteiger partial charge in [0.2, 0.25) is 0 Å². The lowest BCUT2D eigenvalue weighted by Gasteiger charge is -2.11. The number of hydrogen-bond acceptors (Lipinski definition) is 2. The molecule has 0 radical (unpaired) electrons. The second-order valence-corrected chi connectivity index (χ2v) is 4.82. The summed E-state index contributed by atoms with van der Waals surface area (Å²) in [7, 11) is 0. The van der Waals surface area contributed by atoms with Gasteiger partial charge in [0.1, 0.15) is 5.76 Å². The van der Waals surface area contributed by atoms with Gasteiger partial charge in [0.25, 0.3) is 0 Å². The Morgan fingerprint density at radius 2 is 2.00 bits per heavy atom. The lowest BCUT2D eigenvalue weighted by atomic mass is 10.1. The Morgan fingerprint density at radius 3 is 2.65 bits per heavy atom. The number of benzene rings is 1. The maximum Gasteiger partial charge on any atom is 0.153 e. The van der Waals surface area contributed by atoms with Crippen LogP contribution in [0.5, 0.6) is 0 Å². The van der Waals surface area contributed by atoms with Crippen molar-refractivity contribution in [2.45, 2.75) is 26.3 Å². The minimum atomic E-state index is 0.224. The van der Waals surface area contributed by atoms with Gasteiger partial charge in [-0.1, -0.05) is 37.0 Å². The highest BCUT2D eigenvalue weighted by atomic mass is 35.5. The molecule has 0 bridgehead atoms. The minimum absolute atomic E-state index is 0.224. The fraction of sp³-hybridized carbons (Fsp3) is 0.385. The van der Waals surface area contributed by atoms with E-state index in [0.29, 0.717) is 15.6 Å². The molecule has 2 rings (SSSR count). The zero-order chi connectivity index (χ0) is 12.4. The van der Waals surface area contributed by atoms with Crippen LogP contribution in [0.25, 0.3) is 11.0 Å². The molecule has 1 atom stereocenters. The molecule has 4 heteroatoms. The molecular formula is C13H15Cl2NO. The van der Waals surface area contributed by atoms with E-state index in [1.807, 2.05) is 12.1 Å². The zero-order valence-corrected chi connectivity index (χ0v) is 11.4. The van der Waals surface area contributed by atoms with Crippen molar-refractivity contribution in [3.05, 3.63) is 34.0 Å². The molecule has 1 N–H and O–H groups in total. The molecule has 0 saturated heterocycles. The summed E-state index contributed by atoms with van der Waals surface area (Å²) in [5.74, 6) is 0.911. The van der Waals surface area contributed by atoms with E-state index >= 15 is 0 Å². The lowest BCUT2D eigenvalue weighted by Crippen LogP contribution is -2.19. The first-order valence-electron chi connectivity index (χ1n) is 5.77. The summed E-state index contributed by atoms with van der Waals surface area (Å²) in [5.41, 5.74) is 0.711. The highest BCUT2D eigenvalue weighted by Crippen LogP contribution is 2.33. The number of rotatable bonds is 4. The average Bonchev–Trinajstić information content (AvgIpc) is 2.69. The van der Waals surface area contributed by atoms with E-state index in [1.54, 1.807) is 6.07 Å². The largest absolute Gasteiger partial charge is 0.458 e. The predicted molar refractivity (Wildman–Crippen MR) is 72.9 cm³/mol. The van der Waals surface area contributed by atoms with E-state index in [1.165, 1.54) is 0 Å². The van der Waals surface area contributed by atoms with E-state index in [0.717, 1.165) is 24.1 Å². The van der Waals surface area contributed by atoms with E-state index < -0.39 is 0 Å². The minimum Gasteiger partial charge on any atom is -0.458 e. The first kappa shape index (κ1) is 12.7. The van der Waals surface area contributed by atoms with Crippen LogP contribution in [-0.4, -0.2) is 6.54 Å². The van der Waals surface area contributed by atoms with Crippen molar-refractivity contribution in [3.63, 3.8) is 0 Å². The van der Waals surface area contributed by atoms with Gasteiger partial charge in [-0.2, -0.15) is 0 Å². The van der Waals surface area contributed by atoms with Crippen LogP contribution in [0.2, 0.25) is 10.0 Å². The Bertz CT molecular complexity index is 521. The smallest absolute Gasteiger partial charge is 0.153 e. The van der Waals surface area contributed by atoms with Gasteiger partial charge in [-0.15, -0.1) is 0 Å². The number of nitrogens with one attached hydrogen (secondary N) is 1. The Hall–Kier alpha value is -0.700. The van der Waals surface area contributed by atoms with Gasteiger partial charge >= 0.3 is 0 Å². The van der Waals surface area contributed by atoms with Crippen LogP contribution in [0.3, 0.4) is 0 Å². The lowest BCUT2D eigenvalue weighted by molar-refractivity contribution is 0.428. The van der Waals surface area contributed by atoms with Gasteiger partial charge in [-0.3, -0.25) is 0 Å². The van der Waals surface area contributed by atoms with Gasteiger partial charge in [-0.25, -0.2) is 0 Å². The summed E-state index contributed by atoms with van der Waals surface area (Å²) in [6.07, 6.45) is 0.971. The summed E-state index contributed by atoms with van der Waals surface area (Å²) >= 11 is 12.1. The third kappa shape index (κ3) is 2.59. The summed E-state index contributed by atoms with van der Waals surface area (Å²) in [5, 5.41) is 5.52. The third-order valence-corrected chi connectivity index (χ3v) is 3.26. The van der Waals surface area contributed by atoms with Gasteiger partial charge in [0.05, 0.1) is 11.1 Å². The molecule has 2 aromatic rings. The number of furan rings is 1. The molecule has 0 saturated carbocycles. The Balaban J connectivity index is 2.46. The molecule has 2 nitrogen and oxygen atoms in total. The summed E-state index contributed by atoms with van der Waals surface area (Å²) in [6, 6.07) is 5.80. The van der Waals surface area contributed by atoms with Gasteiger partial charge in [0.15, 0.2) is 5.58 Å². The topological polar surface area (TPSA) is 25.2 Å². The Labute approximate surface area is 111 Å². The molecule has 17 heavy (non-hydrogen) atoms. The summed E-state index contributed by atoms with van der Waals surface area (Å²) in [6.45, 7) is 5.11. The Kier molecular flexibility index (Phi) is 3.97. The average molecular weight is 272 g/mol. The molecular weight excluding hydrogens is 257 g/mol. The van der Waals surface area contributed by atoms with Gasteiger partial charge in [-0.05, 0) is 31.2 Å². The molecule has 1 unspecified atom stereocenters. The van der Waals surface area contributed by atoms with Crippen LogP contribution in [0.4, 0.5) is 0 Å². The molecule has 0 spiro atoms. The maximum absolute atomic E-state index is 6.10. The van der Waals surface area contributed by atoms with E-state index in [4.69, 9.17) is 27.6 Å². The number of halogens is 2. The van der Waals surface area contributed by atoms with Crippen LogP contribution >= 0.6 is 23.2 Å². The predicted octanol–water partition coefficient (Wildman–Crippen LogP) is 4.80. The van der Waals surface area contributed by atoms with E-state index in [9.17, 15) is 0 Å². The van der Waals surface area contributed by atoms with Crippen LogP contribution in [0.1, 0.15) is 32.1 Å². The molecule has 0 aliphatic heterocycles. The molecule has 1 heterocycles. The number of hydrogen-bond donors (Lipinski definition) is 1. The molecule has 92 valence electrons. The fourth-order valence-corrected chi connectivity index (χ4v) is 2.51. The quantitative estimate of drug-likeness (QED) is 0.864. The van der Waals surface area contributed by atoms with E-state index in [-0.39, 0.29) is 6.04 Å². The third-order valence-electron chi connectivity index (χ3n) is 2.76. The standard InChI is InChI=1S/C13H15Cl2NO/c1-3-11(16-4-2)12-6-8-5-9(14)7-10(15)13(8)17-12/h5-7,11,16H,3-4H2,1-2H3. The van der Waals surface area contributed by atoms with Crippen LogP contribution in [-0.2, 0) is 0 Å². The van der Waals surface area contributed by atoms with Gasteiger partial charge in [0, 0.05) is 10.4 Å². The van der Waals surface area contributed by atoms with Crippen molar-refractivity contribution in [3.8, 4) is 0 Å². The normalized spacial score (nSPS) is 13.2. The molecule has 1 aromatic heterocycles. The fourth-order valence-electron chi connectivity index (χ4n) is 1.96. The van der Waals surface area contributed by atoms with E-state index in [2.05, 4.69) is 19.2 Å². The highest BCUT2D eigenvalue weighted by molar-refractivity contribution is 6.38. The van der Waals surface area contributed by atoms with Crippen molar-refractivity contribution in [2.75, 3.05) is 6.54 Å². The molecule has 0 amide bonds. The number of fused-ring (bicyclic) bond motifs is 1. The zero-order valence-electron chi connectivity index (χ0n) is 9.89. The van der Waals surface area contributed by atoms with Crippen molar-refractivity contribution in [2.24, 2.45) is 0 Å². The monoisotopic (exact) mass is 271 g/mol. The van der Waals surface area contributed by atoms with Crippen molar-refractivity contribution in [1.82, 2.24) is 5.32 Å². The van der Waals surface area contributed by atoms with Crippen LogP contribution in [0.15, 0.2) is 22.6 Å². The first-order chi connectivity index (χ1) is 8.15. The SMILES string of the molecule is CCNC(CC)c1cc2cc(Cl)cc(Cl)c2o1. The molecule has 0 aliphatic rings. The maximum atomic E-state index is 6.10. The summed E-state index contributed by atoms with van der Waals surface area (Å²) in [4.78, 5) is 0. The second-order valence-electron chi connectivity index (χ2n) is 3.97. The Morgan fingerprint density at radius 1 is 1.24 bits per heavy atom. The molecule has 0 fully saturated rings. The van der Waals surface area contributed by atoms with Crippen LogP contribution in [0, 0.1) is 0 Å². The first-order valence-corrected chi connectivity index (χ1v) is 6.53. The molecule has 0 aliphatic carbocycles. The van der Waals surface area contributed by atoms with Crippen molar-refractivity contribution < 1.29 is 4.42 Å².